The molecule has 0 spiro atoms. The molecule has 0 saturated carbocycles. The third-order valence-electron chi connectivity index (χ3n) is 3.05. The molecule has 0 aliphatic carbocycles. The maximum Gasteiger partial charge on any atom is 0.241 e. The first-order valence-corrected chi connectivity index (χ1v) is 6.59. The van der Waals surface area contributed by atoms with E-state index in [-0.39, 0.29) is 0 Å². The highest BCUT2D eigenvalue weighted by atomic mass is 35.5. The Morgan fingerprint density at radius 1 is 1.26 bits per heavy atom. The molecule has 0 radical (unpaired) electrons. The Kier molecular flexibility index (Phi) is 3.71. The van der Waals surface area contributed by atoms with Gasteiger partial charge in [-0.2, -0.15) is 5.10 Å². The van der Waals surface area contributed by atoms with Crippen LogP contribution in [0.3, 0.4) is 0 Å². The zero-order chi connectivity index (χ0) is 14.2. The molecule has 0 unspecified atom stereocenters. The van der Waals surface area contributed by atoms with Crippen LogP contribution in [0.15, 0.2) is 12.1 Å². The van der Waals surface area contributed by atoms with Crippen molar-refractivity contribution in [3.8, 4) is 11.6 Å². The largest absolute Gasteiger partial charge is 0.437 e. The molecular weight excluding hydrogens is 262 g/mol. The van der Waals surface area contributed by atoms with Crippen molar-refractivity contribution in [3.63, 3.8) is 0 Å². The summed E-state index contributed by atoms with van der Waals surface area (Å²) in [6.45, 7) is 8.48. The number of aryl methyl sites for hydroxylation is 4. The van der Waals surface area contributed by atoms with Gasteiger partial charge in [-0.1, -0.05) is 11.6 Å². The van der Waals surface area contributed by atoms with E-state index in [2.05, 4.69) is 5.10 Å². The molecule has 19 heavy (non-hydrogen) atoms. The van der Waals surface area contributed by atoms with Crippen LogP contribution >= 0.6 is 11.6 Å². The first-order valence-electron chi connectivity index (χ1n) is 6.21. The number of halogens is 1. The number of hydrogen-bond acceptors (Lipinski definition) is 3. The molecule has 1 aromatic carbocycles. The average Bonchev–Trinajstić information content (AvgIpc) is 2.63. The summed E-state index contributed by atoms with van der Waals surface area (Å²) >= 11 is 6.15. The van der Waals surface area contributed by atoms with Gasteiger partial charge in [0.25, 0.3) is 0 Å². The van der Waals surface area contributed by atoms with Crippen molar-refractivity contribution in [1.29, 1.82) is 0 Å². The molecule has 0 aliphatic rings. The third-order valence-corrected chi connectivity index (χ3v) is 3.65. The summed E-state index contributed by atoms with van der Waals surface area (Å²) in [6, 6.07) is 3.80. The maximum absolute atomic E-state index is 6.15. The van der Waals surface area contributed by atoms with E-state index < -0.39 is 0 Å². The number of hydrogen-bond donors (Lipinski definition) is 1. The summed E-state index contributed by atoms with van der Waals surface area (Å²) in [4.78, 5) is 0. The second-order valence-electron chi connectivity index (χ2n) is 4.59. The molecule has 2 rings (SSSR count). The summed E-state index contributed by atoms with van der Waals surface area (Å²) in [5, 5.41) is 5.09. The minimum absolute atomic E-state index is 0.576. The summed E-state index contributed by atoms with van der Waals surface area (Å²) < 4.78 is 7.64. The van der Waals surface area contributed by atoms with Crippen molar-refractivity contribution in [2.24, 2.45) is 0 Å². The summed E-state index contributed by atoms with van der Waals surface area (Å²) in [5.41, 5.74) is 9.31. The molecule has 5 heteroatoms. The molecule has 1 aromatic heterocycles. The van der Waals surface area contributed by atoms with Crippen LogP contribution in [-0.4, -0.2) is 9.78 Å². The first-order chi connectivity index (χ1) is 8.93. The van der Waals surface area contributed by atoms with Crippen LogP contribution in [0.2, 0.25) is 5.02 Å². The molecule has 4 nitrogen and oxygen atoms in total. The Labute approximate surface area is 118 Å². The third kappa shape index (κ3) is 2.54. The highest BCUT2D eigenvalue weighted by molar-refractivity contribution is 6.32. The number of benzene rings is 1. The van der Waals surface area contributed by atoms with Crippen LogP contribution in [0, 0.1) is 20.8 Å². The highest BCUT2D eigenvalue weighted by Gasteiger charge is 2.14. The van der Waals surface area contributed by atoms with Crippen molar-refractivity contribution < 1.29 is 4.74 Å². The van der Waals surface area contributed by atoms with Crippen molar-refractivity contribution in [2.45, 2.75) is 34.2 Å². The van der Waals surface area contributed by atoms with Crippen molar-refractivity contribution >= 4 is 17.3 Å². The van der Waals surface area contributed by atoms with Crippen LogP contribution < -0.4 is 10.5 Å². The van der Waals surface area contributed by atoms with Gasteiger partial charge in [0.15, 0.2) is 0 Å². The number of ether oxygens (including phenoxy) is 1. The smallest absolute Gasteiger partial charge is 0.241 e. The van der Waals surface area contributed by atoms with Crippen LogP contribution in [0.5, 0.6) is 11.6 Å². The Hall–Kier alpha value is -1.68. The van der Waals surface area contributed by atoms with Crippen molar-refractivity contribution in [2.75, 3.05) is 5.73 Å². The quantitative estimate of drug-likeness (QED) is 0.928. The minimum atomic E-state index is 0.576. The van der Waals surface area contributed by atoms with Gasteiger partial charge in [-0.25, -0.2) is 4.68 Å². The van der Waals surface area contributed by atoms with Gasteiger partial charge in [-0.3, -0.25) is 0 Å². The number of nitrogens with zero attached hydrogens (tertiary/aromatic N) is 2. The molecule has 1 heterocycles. The lowest BCUT2D eigenvalue weighted by molar-refractivity contribution is 0.418. The number of aromatic nitrogens is 2. The van der Waals surface area contributed by atoms with Gasteiger partial charge in [-0.05, 0) is 51.0 Å². The van der Waals surface area contributed by atoms with E-state index in [9.17, 15) is 0 Å². The summed E-state index contributed by atoms with van der Waals surface area (Å²) in [7, 11) is 0. The van der Waals surface area contributed by atoms with Gasteiger partial charge in [0.05, 0.1) is 5.69 Å². The fourth-order valence-corrected chi connectivity index (χ4v) is 2.08. The van der Waals surface area contributed by atoms with Crippen LogP contribution in [0.25, 0.3) is 0 Å². The SMILES string of the molecule is CCn1nc(C)c(N)c1Oc1cc(C)c(Cl)c(C)c1. The second-order valence-corrected chi connectivity index (χ2v) is 4.97. The van der Waals surface area contributed by atoms with E-state index in [1.165, 1.54) is 0 Å². The van der Waals surface area contributed by atoms with Crippen molar-refractivity contribution in [3.05, 3.63) is 34.0 Å². The van der Waals surface area contributed by atoms with Crippen LogP contribution in [0.1, 0.15) is 23.7 Å². The monoisotopic (exact) mass is 279 g/mol. The fraction of sp³-hybridized carbons (Fsp3) is 0.357. The zero-order valence-corrected chi connectivity index (χ0v) is 12.4. The predicted octanol–water partition coefficient (Wildman–Crippen LogP) is 3.86. The Balaban J connectivity index is 2.41. The normalized spacial score (nSPS) is 10.8. The Morgan fingerprint density at radius 2 is 1.84 bits per heavy atom. The van der Waals surface area contributed by atoms with Crippen LogP contribution in [-0.2, 0) is 6.54 Å². The fourth-order valence-electron chi connectivity index (χ4n) is 1.97. The van der Waals surface area contributed by atoms with E-state index in [4.69, 9.17) is 22.1 Å². The molecule has 0 atom stereocenters. The molecule has 0 saturated heterocycles. The van der Waals surface area contributed by atoms with Crippen molar-refractivity contribution in [1.82, 2.24) is 9.78 Å². The van der Waals surface area contributed by atoms with Gasteiger partial charge in [0.2, 0.25) is 5.88 Å². The standard InChI is InChI=1S/C14H18ClN3O/c1-5-18-14(13(16)10(4)17-18)19-11-6-8(2)12(15)9(3)7-11/h6-7H,5,16H2,1-4H3. The number of anilines is 1. The molecule has 102 valence electrons. The second kappa shape index (κ2) is 5.13. The Morgan fingerprint density at radius 3 is 2.37 bits per heavy atom. The summed E-state index contributed by atoms with van der Waals surface area (Å²) in [6.07, 6.45) is 0. The number of rotatable bonds is 3. The number of nitrogens with two attached hydrogens (primary N) is 1. The van der Waals surface area contributed by atoms with Gasteiger partial charge in [-0.15, -0.1) is 0 Å². The molecule has 0 fully saturated rings. The van der Waals surface area contributed by atoms with E-state index in [0.717, 1.165) is 27.6 Å². The topological polar surface area (TPSA) is 53.1 Å². The maximum atomic E-state index is 6.15. The molecule has 2 aromatic rings. The predicted molar refractivity (Wildman–Crippen MR) is 78.1 cm³/mol. The van der Waals surface area contributed by atoms with E-state index in [1.54, 1.807) is 4.68 Å². The molecular formula is C14H18ClN3O. The zero-order valence-electron chi connectivity index (χ0n) is 11.6. The van der Waals surface area contributed by atoms with E-state index in [1.807, 2.05) is 39.8 Å². The number of nitrogen functional groups attached to an aromatic ring is 1. The van der Waals surface area contributed by atoms with Crippen LogP contribution in [0.4, 0.5) is 5.69 Å². The molecule has 0 aliphatic heterocycles. The lowest BCUT2D eigenvalue weighted by Gasteiger charge is -2.11. The van der Waals surface area contributed by atoms with Gasteiger partial charge >= 0.3 is 0 Å². The lowest BCUT2D eigenvalue weighted by atomic mass is 10.1. The average molecular weight is 280 g/mol. The summed E-state index contributed by atoms with van der Waals surface area (Å²) in [5.74, 6) is 1.31. The minimum Gasteiger partial charge on any atom is -0.437 e. The van der Waals surface area contributed by atoms with Gasteiger partial charge < -0.3 is 10.5 Å². The van der Waals surface area contributed by atoms with Gasteiger partial charge in [0.1, 0.15) is 11.4 Å². The first kappa shape index (κ1) is 13.7. The molecule has 2 N–H and O–H groups in total. The van der Waals surface area contributed by atoms with Gasteiger partial charge in [0, 0.05) is 11.6 Å². The van der Waals surface area contributed by atoms with E-state index >= 15 is 0 Å². The molecule has 0 bridgehead atoms. The molecule has 0 amide bonds. The lowest BCUT2D eigenvalue weighted by Crippen LogP contribution is -2.01. The van der Waals surface area contributed by atoms with E-state index in [0.29, 0.717) is 18.1 Å². The Bertz CT molecular complexity index is 596. The highest BCUT2D eigenvalue weighted by Crippen LogP contribution is 2.33.